The van der Waals surface area contributed by atoms with Gasteiger partial charge in [-0.05, 0) is 60.5 Å². The number of nitrogens with one attached hydrogen (secondary N) is 1. The molecule has 6 nitrogen and oxygen atoms in total. The molecule has 0 unspecified atom stereocenters. The van der Waals surface area contributed by atoms with Crippen LogP contribution in [0.25, 0.3) is 0 Å². The topological polar surface area (TPSA) is 69.7 Å². The summed E-state index contributed by atoms with van der Waals surface area (Å²) < 4.78 is 25.0. The monoisotopic (exact) mass is 419 g/mol. The number of fused-ring (bicyclic) bond motifs is 1. The van der Waals surface area contributed by atoms with Gasteiger partial charge in [-0.1, -0.05) is 0 Å². The lowest BCUT2D eigenvalue weighted by molar-refractivity contribution is 0.0601. The summed E-state index contributed by atoms with van der Waals surface area (Å²) in [7, 11) is -3.31. The van der Waals surface area contributed by atoms with E-state index >= 15 is 0 Å². The highest BCUT2D eigenvalue weighted by Gasteiger charge is 2.29. The molecule has 1 fully saturated rings. The predicted octanol–water partition coefficient (Wildman–Crippen LogP) is 2.78. The van der Waals surface area contributed by atoms with Gasteiger partial charge < -0.3 is 4.90 Å². The van der Waals surface area contributed by atoms with Gasteiger partial charge >= 0.3 is 0 Å². The molecule has 2 aromatic rings. The number of likely N-dealkylation sites (tertiary alicyclic amines) is 1. The van der Waals surface area contributed by atoms with Gasteiger partial charge in [0, 0.05) is 48.3 Å². The molecule has 1 aromatic heterocycles. The lowest BCUT2D eigenvalue weighted by Gasteiger charge is -2.40. The second-order valence-corrected chi connectivity index (χ2v) is 10.3. The van der Waals surface area contributed by atoms with Crippen molar-refractivity contribution in [1.29, 1.82) is 0 Å². The summed E-state index contributed by atoms with van der Waals surface area (Å²) in [5.41, 5.74) is 2.57. The Labute approximate surface area is 170 Å². The number of carbonyl (C=O) groups is 1. The molecule has 3 heterocycles. The van der Waals surface area contributed by atoms with E-state index in [0.29, 0.717) is 17.3 Å². The normalized spacial score (nSPS) is 18.7. The molecule has 1 N–H and O–H groups in total. The minimum Gasteiger partial charge on any atom is -0.339 e. The van der Waals surface area contributed by atoms with Crippen molar-refractivity contribution < 1.29 is 13.2 Å². The summed E-state index contributed by atoms with van der Waals surface area (Å²) in [5.74, 6) is 0.0172. The van der Waals surface area contributed by atoms with E-state index in [2.05, 4.69) is 21.1 Å². The highest BCUT2D eigenvalue weighted by molar-refractivity contribution is 7.92. The number of nitrogens with zero attached hydrogens (tertiary/aromatic N) is 2. The predicted molar refractivity (Wildman–Crippen MR) is 112 cm³/mol. The molecule has 1 aromatic carbocycles. The molecule has 150 valence electrons. The number of hydrogen-bond acceptors (Lipinski definition) is 5. The molecular weight excluding hydrogens is 394 g/mol. The first-order valence-electron chi connectivity index (χ1n) is 9.55. The zero-order valence-electron chi connectivity index (χ0n) is 15.9. The van der Waals surface area contributed by atoms with Crippen LogP contribution in [0.2, 0.25) is 0 Å². The number of thiophene rings is 1. The zero-order valence-corrected chi connectivity index (χ0v) is 17.6. The summed E-state index contributed by atoms with van der Waals surface area (Å²) in [4.78, 5) is 18.8. The molecule has 0 spiro atoms. The van der Waals surface area contributed by atoms with Crippen LogP contribution in [0.4, 0.5) is 5.69 Å². The Kier molecular flexibility index (Phi) is 5.44. The standard InChI is InChI=1S/C20H25N3O3S2/c1-28(25,26)21-17-4-2-16(3-5-17)20(24)22-11-7-18(8-12-22)23-10-6-15-9-13-27-19(15)14-23/h2-5,9,13,18,21H,6-8,10-12,14H2,1H3. The number of sulfonamides is 1. The Morgan fingerprint density at radius 3 is 2.50 bits per heavy atom. The van der Waals surface area contributed by atoms with Gasteiger partial charge in [0.25, 0.3) is 5.91 Å². The third-order valence-electron chi connectivity index (χ3n) is 5.56. The van der Waals surface area contributed by atoms with E-state index < -0.39 is 10.0 Å². The zero-order chi connectivity index (χ0) is 19.7. The van der Waals surface area contributed by atoms with Crippen molar-refractivity contribution in [1.82, 2.24) is 9.80 Å². The molecule has 28 heavy (non-hydrogen) atoms. The van der Waals surface area contributed by atoms with Gasteiger partial charge in [0.2, 0.25) is 10.0 Å². The minimum absolute atomic E-state index is 0.0172. The number of carbonyl (C=O) groups excluding carboxylic acids is 1. The molecule has 2 aliphatic heterocycles. The summed E-state index contributed by atoms with van der Waals surface area (Å²) in [6.07, 6.45) is 4.24. The summed E-state index contributed by atoms with van der Waals surface area (Å²) in [5, 5.41) is 2.19. The Balaban J connectivity index is 1.33. The molecule has 0 radical (unpaired) electrons. The van der Waals surface area contributed by atoms with Crippen LogP contribution in [-0.2, 0) is 23.0 Å². The van der Waals surface area contributed by atoms with Crippen LogP contribution in [-0.4, -0.2) is 56.1 Å². The molecule has 0 aliphatic carbocycles. The molecule has 0 atom stereocenters. The van der Waals surface area contributed by atoms with Crippen LogP contribution in [0.3, 0.4) is 0 Å². The fraction of sp³-hybridized carbons (Fsp3) is 0.450. The fourth-order valence-corrected chi connectivity index (χ4v) is 5.60. The number of amides is 1. The molecular formula is C20H25N3O3S2. The smallest absolute Gasteiger partial charge is 0.253 e. The van der Waals surface area contributed by atoms with Crippen molar-refractivity contribution in [2.45, 2.75) is 31.8 Å². The van der Waals surface area contributed by atoms with Crippen molar-refractivity contribution in [2.75, 3.05) is 30.6 Å². The Hall–Kier alpha value is -1.90. The van der Waals surface area contributed by atoms with Gasteiger partial charge in [-0.25, -0.2) is 8.42 Å². The van der Waals surface area contributed by atoms with Crippen LogP contribution in [0.1, 0.15) is 33.6 Å². The van der Waals surface area contributed by atoms with Crippen molar-refractivity contribution in [3.8, 4) is 0 Å². The second-order valence-electron chi connectivity index (χ2n) is 7.56. The number of piperidine rings is 1. The maximum absolute atomic E-state index is 12.8. The number of rotatable bonds is 4. The Bertz CT molecular complexity index is 945. The van der Waals surface area contributed by atoms with E-state index in [1.165, 1.54) is 10.4 Å². The molecule has 4 rings (SSSR count). The Morgan fingerprint density at radius 1 is 1.11 bits per heavy atom. The molecule has 0 bridgehead atoms. The summed E-state index contributed by atoms with van der Waals surface area (Å²) in [6.45, 7) is 3.68. The fourth-order valence-electron chi connectivity index (χ4n) is 4.08. The van der Waals surface area contributed by atoms with Gasteiger partial charge in [0.15, 0.2) is 0 Å². The molecule has 1 saturated heterocycles. The van der Waals surface area contributed by atoms with Crippen molar-refractivity contribution >= 4 is 33.0 Å². The van der Waals surface area contributed by atoms with Gasteiger partial charge in [0.05, 0.1) is 6.26 Å². The van der Waals surface area contributed by atoms with E-state index in [4.69, 9.17) is 0 Å². The van der Waals surface area contributed by atoms with Crippen LogP contribution < -0.4 is 4.72 Å². The van der Waals surface area contributed by atoms with Crippen molar-refractivity contribution in [3.05, 3.63) is 51.7 Å². The maximum atomic E-state index is 12.8. The minimum atomic E-state index is -3.31. The molecule has 1 amide bonds. The van der Waals surface area contributed by atoms with Crippen LogP contribution in [0.15, 0.2) is 35.7 Å². The van der Waals surface area contributed by atoms with Crippen LogP contribution >= 0.6 is 11.3 Å². The van der Waals surface area contributed by atoms with E-state index in [9.17, 15) is 13.2 Å². The quantitative estimate of drug-likeness (QED) is 0.827. The Morgan fingerprint density at radius 2 is 1.82 bits per heavy atom. The average molecular weight is 420 g/mol. The van der Waals surface area contributed by atoms with E-state index in [0.717, 1.165) is 51.7 Å². The lowest BCUT2D eigenvalue weighted by atomic mass is 9.99. The molecule has 0 saturated carbocycles. The number of hydrogen-bond donors (Lipinski definition) is 1. The average Bonchev–Trinajstić information content (AvgIpc) is 3.15. The first-order chi connectivity index (χ1) is 13.4. The first-order valence-corrected chi connectivity index (χ1v) is 12.3. The SMILES string of the molecule is CS(=O)(=O)Nc1ccc(C(=O)N2CCC(N3CCc4ccsc4C3)CC2)cc1. The van der Waals surface area contributed by atoms with E-state index in [-0.39, 0.29) is 5.91 Å². The number of benzene rings is 1. The van der Waals surface area contributed by atoms with Crippen LogP contribution in [0.5, 0.6) is 0 Å². The first kappa shape index (κ1) is 19.4. The molecule has 8 heteroatoms. The van der Waals surface area contributed by atoms with Gasteiger partial charge in [-0.3, -0.25) is 14.4 Å². The summed E-state index contributed by atoms with van der Waals surface area (Å²) in [6, 6.07) is 9.42. The third kappa shape index (κ3) is 4.39. The van der Waals surface area contributed by atoms with Gasteiger partial charge in [0.1, 0.15) is 0 Å². The highest BCUT2D eigenvalue weighted by atomic mass is 32.2. The van der Waals surface area contributed by atoms with Gasteiger partial charge in [-0.15, -0.1) is 11.3 Å². The van der Waals surface area contributed by atoms with Gasteiger partial charge in [-0.2, -0.15) is 0 Å². The highest BCUT2D eigenvalue weighted by Crippen LogP contribution is 2.28. The van der Waals surface area contributed by atoms with Crippen molar-refractivity contribution in [2.24, 2.45) is 0 Å². The second kappa shape index (κ2) is 7.85. The van der Waals surface area contributed by atoms with Crippen molar-refractivity contribution in [3.63, 3.8) is 0 Å². The summed E-state index contributed by atoms with van der Waals surface area (Å²) >= 11 is 1.85. The van der Waals surface area contributed by atoms with E-state index in [1.807, 2.05) is 16.2 Å². The lowest BCUT2D eigenvalue weighted by Crippen LogP contribution is -2.47. The third-order valence-corrected chi connectivity index (χ3v) is 7.11. The van der Waals surface area contributed by atoms with E-state index in [1.54, 1.807) is 24.3 Å². The van der Waals surface area contributed by atoms with Crippen LogP contribution in [0, 0.1) is 0 Å². The molecule has 2 aliphatic rings. The maximum Gasteiger partial charge on any atom is 0.253 e. The number of anilines is 1. The largest absolute Gasteiger partial charge is 0.339 e.